The molecule has 182 valence electrons. The fourth-order valence-electron chi connectivity index (χ4n) is 5.34. The van der Waals surface area contributed by atoms with E-state index in [0.29, 0.717) is 24.2 Å². The van der Waals surface area contributed by atoms with Gasteiger partial charge >= 0.3 is 0 Å². The molecule has 1 aliphatic carbocycles. The lowest BCUT2D eigenvalue weighted by Gasteiger charge is -2.37. The average molecular weight is 496 g/mol. The molecule has 1 amide bonds. The number of ketones is 1. The molecule has 2 aromatic carbocycles. The van der Waals surface area contributed by atoms with Crippen LogP contribution in [0.1, 0.15) is 48.3 Å². The highest BCUT2D eigenvalue weighted by Gasteiger charge is 2.44. The first-order chi connectivity index (χ1) is 17.5. The van der Waals surface area contributed by atoms with E-state index in [4.69, 9.17) is 4.99 Å². The van der Waals surface area contributed by atoms with Gasteiger partial charge in [0, 0.05) is 40.4 Å². The number of pyridine rings is 1. The molecule has 0 bridgehead atoms. The molecule has 3 aromatic rings. The number of rotatable bonds is 5. The van der Waals surface area contributed by atoms with Crippen molar-refractivity contribution in [3.63, 3.8) is 0 Å². The summed E-state index contributed by atoms with van der Waals surface area (Å²) in [6, 6.07) is 22.1. The second-order valence-electron chi connectivity index (χ2n) is 9.44. The summed E-state index contributed by atoms with van der Waals surface area (Å²) in [6.45, 7) is 3.82. The molecule has 0 fully saturated rings. The van der Waals surface area contributed by atoms with Crippen LogP contribution in [0.25, 0.3) is 0 Å². The number of benzene rings is 2. The predicted molar refractivity (Wildman–Crippen MR) is 146 cm³/mol. The van der Waals surface area contributed by atoms with E-state index in [-0.39, 0.29) is 23.5 Å². The molecule has 1 aromatic heterocycles. The maximum atomic E-state index is 13.7. The van der Waals surface area contributed by atoms with Gasteiger partial charge in [0.05, 0.1) is 5.92 Å². The topological polar surface area (TPSA) is 71.4 Å². The number of allylic oxidation sites excluding steroid dienone is 2. The summed E-state index contributed by atoms with van der Waals surface area (Å²) in [5.41, 5.74) is 5.21. The van der Waals surface area contributed by atoms with Crippen LogP contribution in [0, 0.1) is 12.8 Å². The third-order valence-electron chi connectivity index (χ3n) is 7.17. The van der Waals surface area contributed by atoms with Crippen molar-refractivity contribution < 1.29 is 9.59 Å². The van der Waals surface area contributed by atoms with E-state index in [1.54, 1.807) is 18.0 Å². The maximum Gasteiger partial charge on any atom is 0.235 e. The highest BCUT2D eigenvalue weighted by molar-refractivity contribution is 7.98. The summed E-state index contributed by atoms with van der Waals surface area (Å²) >= 11 is 1.67. The van der Waals surface area contributed by atoms with E-state index < -0.39 is 5.92 Å². The molecule has 36 heavy (non-hydrogen) atoms. The predicted octanol–water partition coefficient (Wildman–Crippen LogP) is 6.33. The van der Waals surface area contributed by atoms with Crippen LogP contribution in [-0.2, 0) is 9.59 Å². The van der Waals surface area contributed by atoms with Crippen LogP contribution in [0.2, 0.25) is 0 Å². The number of hydrogen-bond donors (Lipinski definition) is 1. The van der Waals surface area contributed by atoms with E-state index in [0.717, 1.165) is 33.0 Å². The van der Waals surface area contributed by atoms with Crippen molar-refractivity contribution in [1.82, 2.24) is 4.98 Å². The first kappa shape index (κ1) is 24.2. The Morgan fingerprint density at radius 1 is 0.944 bits per heavy atom. The average Bonchev–Trinajstić information content (AvgIpc) is 2.89. The number of hydrogen-bond acceptors (Lipinski definition) is 5. The fourth-order valence-corrected chi connectivity index (χ4v) is 5.75. The molecule has 6 heteroatoms. The molecule has 0 saturated carbocycles. The van der Waals surface area contributed by atoms with Gasteiger partial charge in [-0.25, -0.2) is 4.98 Å². The highest BCUT2D eigenvalue weighted by atomic mass is 32.2. The molecule has 0 spiro atoms. The van der Waals surface area contributed by atoms with Crippen LogP contribution < -0.4 is 5.32 Å². The Morgan fingerprint density at radius 2 is 1.69 bits per heavy atom. The summed E-state index contributed by atoms with van der Waals surface area (Å²) in [5, 5.41) is 3.01. The van der Waals surface area contributed by atoms with Crippen LogP contribution in [-0.4, -0.2) is 28.6 Å². The first-order valence-electron chi connectivity index (χ1n) is 12.2. The van der Waals surface area contributed by atoms with E-state index >= 15 is 0 Å². The van der Waals surface area contributed by atoms with Gasteiger partial charge in [0.25, 0.3) is 0 Å². The third-order valence-corrected chi connectivity index (χ3v) is 7.91. The van der Waals surface area contributed by atoms with Crippen molar-refractivity contribution in [3.8, 4) is 0 Å². The van der Waals surface area contributed by atoms with Crippen LogP contribution in [0.3, 0.4) is 0 Å². The summed E-state index contributed by atoms with van der Waals surface area (Å²) in [4.78, 5) is 37.8. The highest BCUT2D eigenvalue weighted by Crippen LogP contribution is 2.47. The Labute approximate surface area is 216 Å². The minimum absolute atomic E-state index is 0.0760. The van der Waals surface area contributed by atoms with Crippen molar-refractivity contribution in [2.75, 3.05) is 11.6 Å². The Balaban J connectivity index is 1.57. The molecule has 3 atom stereocenters. The van der Waals surface area contributed by atoms with Crippen LogP contribution in [0.4, 0.5) is 5.82 Å². The number of amides is 1. The lowest BCUT2D eigenvalue weighted by molar-refractivity contribution is -0.119. The molecule has 0 saturated heterocycles. The number of thioether (sulfide) groups is 1. The number of carbonyl (C=O) groups excluding carboxylic acids is 2. The van der Waals surface area contributed by atoms with Gasteiger partial charge in [-0.1, -0.05) is 48.5 Å². The SMILES string of the molecule is CSc1ccc([C@H]2C3=C(C[C@H](c4ccccc4)CC3=O)N=C(C)C2C(=O)Nc2ncccc2C)cc1. The van der Waals surface area contributed by atoms with E-state index in [1.165, 1.54) is 0 Å². The van der Waals surface area contributed by atoms with Gasteiger partial charge in [0.2, 0.25) is 5.91 Å². The summed E-state index contributed by atoms with van der Waals surface area (Å²) in [6.07, 6.45) is 4.81. The second kappa shape index (κ2) is 10.2. The van der Waals surface area contributed by atoms with Crippen LogP contribution in [0.5, 0.6) is 0 Å². The normalized spacial score (nSPS) is 21.6. The number of Topliss-reactive ketones (excluding diaryl/α,β-unsaturated/α-hetero) is 1. The minimum Gasteiger partial charge on any atom is -0.310 e. The zero-order valence-electron chi connectivity index (χ0n) is 20.7. The lowest BCUT2D eigenvalue weighted by Crippen LogP contribution is -2.40. The Kier molecular flexibility index (Phi) is 6.88. The number of nitrogens with one attached hydrogen (secondary N) is 1. The van der Waals surface area contributed by atoms with Crippen molar-refractivity contribution in [3.05, 3.63) is 101 Å². The smallest absolute Gasteiger partial charge is 0.235 e. The molecule has 2 aliphatic rings. The van der Waals surface area contributed by atoms with Crippen molar-refractivity contribution >= 4 is 35.0 Å². The number of carbonyl (C=O) groups is 2. The van der Waals surface area contributed by atoms with Gasteiger partial charge in [-0.2, -0.15) is 0 Å². The minimum atomic E-state index is -0.595. The summed E-state index contributed by atoms with van der Waals surface area (Å²) < 4.78 is 0. The van der Waals surface area contributed by atoms with Crippen LogP contribution >= 0.6 is 11.8 Å². The summed E-state index contributed by atoms with van der Waals surface area (Å²) in [7, 11) is 0. The zero-order chi connectivity index (χ0) is 25.2. The standard InChI is InChI=1S/C30H29N3O2S/c1-18-8-7-15-31-29(18)33-30(35)26-19(2)32-24-16-22(20-9-5-4-6-10-20)17-25(34)28(24)27(26)21-11-13-23(36-3)14-12-21/h4-15,22,26-27H,16-17H2,1-3H3,(H,31,33,35)/t22-,26?,27+/m0/s1. The quantitative estimate of drug-likeness (QED) is 0.420. The molecular formula is C30H29N3O2S. The van der Waals surface area contributed by atoms with Crippen LogP contribution in [0.15, 0.2) is 94.1 Å². The first-order valence-corrected chi connectivity index (χ1v) is 13.4. The molecule has 1 N–H and O–H groups in total. The number of aliphatic imine (C=N–C) groups is 1. The second-order valence-corrected chi connectivity index (χ2v) is 10.3. The fraction of sp³-hybridized carbons (Fsp3) is 0.267. The van der Waals surface area contributed by atoms with E-state index in [2.05, 4.69) is 34.6 Å². The molecular weight excluding hydrogens is 466 g/mol. The van der Waals surface area contributed by atoms with Gasteiger partial charge in [0.15, 0.2) is 5.78 Å². The van der Waals surface area contributed by atoms with Gasteiger partial charge in [0.1, 0.15) is 5.82 Å². The lowest BCUT2D eigenvalue weighted by atomic mass is 9.69. The van der Waals surface area contributed by atoms with Gasteiger partial charge < -0.3 is 5.32 Å². The Morgan fingerprint density at radius 3 is 2.39 bits per heavy atom. The Hall–Kier alpha value is -3.51. The number of aryl methyl sites for hydroxylation is 1. The van der Waals surface area contributed by atoms with Gasteiger partial charge in [-0.15, -0.1) is 11.8 Å². The molecule has 1 unspecified atom stereocenters. The number of aromatic nitrogens is 1. The third kappa shape index (κ3) is 4.65. The van der Waals surface area contributed by atoms with E-state index in [1.807, 2.05) is 62.6 Å². The van der Waals surface area contributed by atoms with Crippen molar-refractivity contribution in [2.45, 2.75) is 43.4 Å². The molecule has 5 rings (SSSR count). The maximum absolute atomic E-state index is 13.7. The van der Waals surface area contributed by atoms with Crippen molar-refractivity contribution in [1.29, 1.82) is 0 Å². The molecule has 2 heterocycles. The number of nitrogens with zero attached hydrogens (tertiary/aromatic N) is 2. The molecule has 1 aliphatic heterocycles. The van der Waals surface area contributed by atoms with Crippen molar-refractivity contribution in [2.24, 2.45) is 10.9 Å². The Bertz CT molecular complexity index is 1360. The van der Waals surface area contributed by atoms with Gasteiger partial charge in [-0.05, 0) is 67.3 Å². The number of anilines is 1. The molecule has 0 radical (unpaired) electrons. The monoisotopic (exact) mass is 495 g/mol. The van der Waals surface area contributed by atoms with E-state index in [9.17, 15) is 9.59 Å². The molecule has 5 nitrogen and oxygen atoms in total. The largest absolute Gasteiger partial charge is 0.310 e. The zero-order valence-corrected chi connectivity index (χ0v) is 21.5. The van der Waals surface area contributed by atoms with Gasteiger partial charge in [-0.3, -0.25) is 14.6 Å². The summed E-state index contributed by atoms with van der Waals surface area (Å²) in [5.74, 6) is -0.474.